The fourth-order valence-corrected chi connectivity index (χ4v) is 3.45. The van der Waals surface area contributed by atoms with Gasteiger partial charge in [-0.1, -0.05) is 18.2 Å². The lowest BCUT2D eigenvalue weighted by atomic mass is 10.1. The number of amides is 1. The third kappa shape index (κ3) is 4.63. The number of pyridine rings is 1. The Labute approximate surface area is 195 Å². The summed E-state index contributed by atoms with van der Waals surface area (Å²) < 4.78 is 26.6. The van der Waals surface area contributed by atoms with Crippen LogP contribution in [0.1, 0.15) is 10.4 Å². The van der Waals surface area contributed by atoms with Gasteiger partial charge in [-0.25, -0.2) is 9.78 Å². The van der Waals surface area contributed by atoms with Gasteiger partial charge in [-0.15, -0.1) is 0 Å². The van der Waals surface area contributed by atoms with Crippen LogP contribution in [0.25, 0.3) is 22.4 Å². The van der Waals surface area contributed by atoms with Gasteiger partial charge in [-0.3, -0.25) is 4.79 Å². The third-order valence-corrected chi connectivity index (χ3v) is 4.99. The summed E-state index contributed by atoms with van der Waals surface area (Å²) >= 11 is 0. The number of furan rings is 1. The minimum Gasteiger partial charge on any atom is -0.493 e. The van der Waals surface area contributed by atoms with Gasteiger partial charge in [0, 0.05) is 23.2 Å². The van der Waals surface area contributed by atoms with E-state index in [0.29, 0.717) is 45.3 Å². The smallest absolute Gasteiger partial charge is 0.339 e. The van der Waals surface area contributed by atoms with Gasteiger partial charge in [-0.05, 0) is 24.3 Å². The van der Waals surface area contributed by atoms with Crippen molar-refractivity contribution in [2.24, 2.45) is 0 Å². The van der Waals surface area contributed by atoms with Gasteiger partial charge in [0.25, 0.3) is 5.91 Å². The number of ether oxygens (including phenoxy) is 4. The zero-order valence-corrected chi connectivity index (χ0v) is 18.8. The molecule has 9 heteroatoms. The van der Waals surface area contributed by atoms with Gasteiger partial charge < -0.3 is 28.7 Å². The van der Waals surface area contributed by atoms with Crippen molar-refractivity contribution in [3.63, 3.8) is 0 Å². The predicted molar refractivity (Wildman–Crippen MR) is 124 cm³/mol. The average molecular weight is 462 g/mol. The maximum absolute atomic E-state index is 12.9. The number of hydrogen-bond donors (Lipinski definition) is 1. The van der Waals surface area contributed by atoms with Crippen molar-refractivity contribution in [2.75, 3.05) is 33.3 Å². The molecule has 0 unspecified atom stereocenters. The van der Waals surface area contributed by atoms with E-state index in [0.717, 1.165) is 0 Å². The molecule has 0 aliphatic carbocycles. The highest BCUT2D eigenvalue weighted by atomic mass is 16.5. The number of carbonyl (C=O) groups is 2. The highest BCUT2D eigenvalue weighted by molar-refractivity contribution is 6.05. The zero-order valence-electron chi connectivity index (χ0n) is 18.8. The average Bonchev–Trinajstić information content (AvgIpc) is 3.41. The summed E-state index contributed by atoms with van der Waals surface area (Å²) in [5.74, 6) is 0.468. The number of hydrogen-bond acceptors (Lipinski definition) is 8. The number of aromatic nitrogens is 1. The van der Waals surface area contributed by atoms with E-state index in [1.807, 2.05) is 6.07 Å². The molecular weight excluding hydrogens is 440 g/mol. The first-order valence-corrected chi connectivity index (χ1v) is 10.2. The summed E-state index contributed by atoms with van der Waals surface area (Å²) in [5.41, 5.74) is 1.75. The molecule has 0 saturated heterocycles. The second kappa shape index (κ2) is 9.95. The van der Waals surface area contributed by atoms with Crippen molar-refractivity contribution in [1.29, 1.82) is 0 Å². The van der Waals surface area contributed by atoms with Crippen molar-refractivity contribution >= 4 is 28.5 Å². The lowest BCUT2D eigenvalue weighted by Crippen LogP contribution is -2.21. The molecule has 0 spiro atoms. The Morgan fingerprint density at radius 3 is 2.32 bits per heavy atom. The maximum atomic E-state index is 12.9. The lowest BCUT2D eigenvalue weighted by molar-refractivity contribution is -0.119. The number of methoxy groups -OCH3 is 3. The number of carbonyl (C=O) groups excluding carboxylic acids is 2. The molecule has 0 saturated carbocycles. The van der Waals surface area contributed by atoms with E-state index >= 15 is 0 Å². The molecule has 0 aliphatic heterocycles. The van der Waals surface area contributed by atoms with Crippen LogP contribution in [-0.2, 0) is 9.53 Å². The number of fused-ring (bicyclic) bond motifs is 1. The predicted octanol–water partition coefficient (Wildman–Crippen LogP) is 4.32. The number of rotatable bonds is 8. The van der Waals surface area contributed by atoms with Crippen LogP contribution in [0.5, 0.6) is 17.2 Å². The van der Waals surface area contributed by atoms with E-state index in [-0.39, 0.29) is 5.56 Å². The van der Waals surface area contributed by atoms with Gasteiger partial charge in [0.2, 0.25) is 5.75 Å². The molecule has 1 amide bonds. The van der Waals surface area contributed by atoms with Crippen LogP contribution in [0.4, 0.5) is 5.69 Å². The number of anilines is 1. The SMILES string of the molecule is COc1cc(NC(=O)COC(=O)c2cc(-c3ccco3)nc3ccccc23)cc(OC)c1OC. The van der Waals surface area contributed by atoms with Crippen molar-refractivity contribution in [3.05, 3.63) is 66.4 Å². The van der Waals surface area contributed by atoms with E-state index in [1.165, 1.54) is 27.6 Å². The van der Waals surface area contributed by atoms with E-state index < -0.39 is 18.5 Å². The number of nitrogens with zero attached hydrogens (tertiary/aromatic N) is 1. The van der Waals surface area contributed by atoms with Crippen LogP contribution in [0.3, 0.4) is 0 Å². The van der Waals surface area contributed by atoms with Gasteiger partial charge in [0.1, 0.15) is 5.69 Å². The minimum atomic E-state index is -0.661. The molecule has 0 atom stereocenters. The van der Waals surface area contributed by atoms with E-state index in [9.17, 15) is 9.59 Å². The van der Waals surface area contributed by atoms with Crippen LogP contribution < -0.4 is 19.5 Å². The first-order chi connectivity index (χ1) is 16.5. The molecule has 0 fully saturated rings. The number of nitrogens with one attached hydrogen (secondary N) is 1. The zero-order chi connectivity index (χ0) is 24.1. The molecule has 0 radical (unpaired) electrons. The van der Waals surface area contributed by atoms with Gasteiger partial charge >= 0.3 is 5.97 Å². The van der Waals surface area contributed by atoms with Crippen LogP contribution in [0.15, 0.2) is 65.3 Å². The van der Waals surface area contributed by atoms with E-state index in [4.69, 9.17) is 23.4 Å². The van der Waals surface area contributed by atoms with Gasteiger partial charge in [-0.2, -0.15) is 0 Å². The Balaban J connectivity index is 1.52. The summed E-state index contributed by atoms with van der Waals surface area (Å²) in [6, 6.07) is 15.4. The number of benzene rings is 2. The van der Waals surface area contributed by atoms with Gasteiger partial charge in [0.05, 0.1) is 38.7 Å². The van der Waals surface area contributed by atoms with Crippen LogP contribution in [-0.4, -0.2) is 44.8 Å². The second-order valence-corrected chi connectivity index (χ2v) is 7.09. The van der Waals surface area contributed by atoms with Gasteiger partial charge in [0.15, 0.2) is 23.9 Å². The fraction of sp³-hybridized carbons (Fsp3) is 0.160. The molecule has 4 rings (SSSR count). The molecule has 2 heterocycles. The molecule has 2 aromatic heterocycles. The first kappa shape index (κ1) is 22.7. The summed E-state index contributed by atoms with van der Waals surface area (Å²) in [6.45, 7) is -0.498. The highest BCUT2D eigenvalue weighted by Gasteiger charge is 2.18. The molecule has 174 valence electrons. The Bertz CT molecular complexity index is 1310. The van der Waals surface area contributed by atoms with E-state index in [1.54, 1.807) is 48.5 Å². The normalized spacial score (nSPS) is 10.6. The first-order valence-electron chi connectivity index (χ1n) is 10.2. The van der Waals surface area contributed by atoms with Crippen molar-refractivity contribution in [1.82, 2.24) is 4.98 Å². The molecular formula is C25H22N2O7. The number of esters is 1. The topological polar surface area (TPSA) is 109 Å². The van der Waals surface area contributed by atoms with Crippen LogP contribution in [0, 0.1) is 0 Å². The van der Waals surface area contributed by atoms with Crippen molar-refractivity contribution < 1.29 is 33.0 Å². The van der Waals surface area contributed by atoms with Crippen LogP contribution in [0.2, 0.25) is 0 Å². The molecule has 2 aromatic carbocycles. The summed E-state index contributed by atoms with van der Waals surface area (Å²) in [7, 11) is 4.43. The maximum Gasteiger partial charge on any atom is 0.339 e. The Morgan fingerprint density at radius 2 is 1.68 bits per heavy atom. The monoisotopic (exact) mass is 462 g/mol. The summed E-state index contributed by atoms with van der Waals surface area (Å²) in [6.07, 6.45) is 1.53. The third-order valence-electron chi connectivity index (χ3n) is 4.99. The minimum absolute atomic E-state index is 0.276. The number of para-hydroxylation sites is 1. The highest BCUT2D eigenvalue weighted by Crippen LogP contribution is 2.39. The molecule has 34 heavy (non-hydrogen) atoms. The Hall–Kier alpha value is -4.53. The Kier molecular flexibility index (Phi) is 6.63. The summed E-state index contributed by atoms with van der Waals surface area (Å²) in [4.78, 5) is 29.9. The molecule has 1 N–H and O–H groups in total. The Morgan fingerprint density at radius 1 is 0.941 bits per heavy atom. The quantitative estimate of drug-likeness (QED) is 0.386. The van der Waals surface area contributed by atoms with Crippen molar-refractivity contribution in [3.8, 4) is 28.7 Å². The largest absolute Gasteiger partial charge is 0.493 e. The van der Waals surface area contributed by atoms with Crippen molar-refractivity contribution in [2.45, 2.75) is 0 Å². The molecule has 4 aromatic rings. The molecule has 9 nitrogen and oxygen atoms in total. The molecule has 0 bridgehead atoms. The van der Waals surface area contributed by atoms with E-state index in [2.05, 4.69) is 10.3 Å². The lowest BCUT2D eigenvalue weighted by Gasteiger charge is -2.14. The fourth-order valence-electron chi connectivity index (χ4n) is 3.45. The standard InChI is InChI=1S/C25H22N2O7/c1-30-21-11-15(12-22(31-2)24(21)32-3)26-23(28)14-34-25(29)17-13-19(20-9-6-10-33-20)27-18-8-5-4-7-16(17)18/h4-13H,14H2,1-3H3,(H,26,28). The second-order valence-electron chi connectivity index (χ2n) is 7.09. The van der Waals surface area contributed by atoms with Crippen LogP contribution >= 0.6 is 0 Å². The molecule has 0 aliphatic rings. The summed E-state index contributed by atoms with van der Waals surface area (Å²) in [5, 5.41) is 3.27.